The molecule has 1 aromatic heterocycles. The molecule has 1 saturated heterocycles. The fraction of sp³-hybridized carbons (Fsp3) is 0.474. The number of aryl methyl sites for hydroxylation is 1. The summed E-state index contributed by atoms with van der Waals surface area (Å²) in [4.78, 5) is 2.41. The molecular weight excluding hydrogens is 288 g/mol. The Morgan fingerprint density at radius 3 is 2.61 bits per heavy atom. The van der Waals surface area contributed by atoms with Gasteiger partial charge in [-0.15, -0.1) is 0 Å². The molecule has 2 heterocycles. The van der Waals surface area contributed by atoms with Crippen molar-refractivity contribution in [2.45, 2.75) is 45.4 Å². The number of rotatable bonds is 6. The van der Waals surface area contributed by atoms with Crippen molar-refractivity contribution in [1.29, 1.82) is 0 Å². The fourth-order valence-corrected chi connectivity index (χ4v) is 3.04. The molecule has 1 fully saturated rings. The second kappa shape index (κ2) is 7.66. The van der Waals surface area contributed by atoms with Gasteiger partial charge in [-0.25, -0.2) is 0 Å². The van der Waals surface area contributed by atoms with E-state index in [2.05, 4.69) is 41.4 Å². The van der Waals surface area contributed by atoms with E-state index in [1.54, 1.807) is 0 Å². The number of nitrogens with one attached hydrogen (secondary N) is 1. The molecule has 0 unspecified atom stereocenters. The summed E-state index contributed by atoms with van der Waals surface area (Å²) in [6.45, 7) is 5.66. The SMILES string of the molecule is CCc1ccc(CNc2ccccc2CN2CCC(O)CC2)o1. The van der Waals surface area contributed by atoms with Crippen molar-refractivity contribution < 1.29 is 9.52 Å². The van der Waals surface area contributed by atoms with E-state index in [0.29, 0.717) is 6.54 Å². The first-order valence-corrected chi connectivity index (χ1v) is 8.54. The van der Waals surface area contributed by atoms with E-state index >= 15 is 0 Å². The lowest BCUT2D eigenvalue weighted by Crippen LogP contribution is -2.35. The Morgan fingerprint density at radius 1 is 1.13 bits per heavy atom. The van der Waals surface area contributed by atoms with E-state index in [4.69, 9.17) is 4.42 Å². The van der Waals surface area contributed by atoms with E-state index in [1.165, 1.54) is 5.56 Å². The van der Waals surface area contributed by atoms with Crippen molar-refractivity contribution >= 4 is 5.69 Å². The lowest BCUT2D eigenvalue weighted by Gasteiger charge is -2.30. The summed E-state index contributed by atoms with van der Waals surface area (Å²) in [6.07, 6.45) is 2.56. The highest BCUT2D eigenvalue weighted by Gasteiger charge is 2.17. The number of hydrogen-bond donors (Lipinski definition) is 2. The summed E-state index contributed by atoms with van der Waals surface area (Å²) in [7, 11) is 0. The molecule has 1 aromatic carbocycles. The topological polar surface area (TPSA) is 48.6 Å². The highest BCUT2D eigenvalue weighted by atomic mass is 16.3. The summed E-state index contributed by atoms with van der Waals surface area (Å²) in [5.41, 5.74) is 2.46. The van der Waals surface area contributed by atoms with Gasteiger partial charge in [-0.2, -0.15) is 0 Å². The van der Waals surface area contributed by atoms with Gasteiger partial charge >= 0.3 is 0 Å². The predicted molar refractivity (Wildman–Crippen MR) is 92.4 cm³/mol. The highest BCUT2D eigenvalue weighted by Crippen LogP contribution is 2.21. The Hall–Kier alpha value is -1.78. The van der Waals surface area contributed by atoms with Crippen LogP contribution in [0.4, 0.5) is 5.69 Å². The largest absolute Gasteiger partial charge is 0.464 e. The maximum absolute atomic E-state index is 9.63. The van der Waals surface area contributed by atoms with Crippen LogP contribution in [0.25, 0.3) is 0 Å². The van der Waals surface area contributed by atoms with Crippen molar-refractivity contribution in [3.8, 4) is 0 Å². The molecule has 0 atom stereocenters. The van der Waals surface area contributed by atoms with E-state index < -0.39 is 0 Å². The Labute approximate surface area is 138 Å². The number of furan rings is 1. The maximum Gasteiger partial charge on any atom is 0.123 e. The molecule has 1 aliphatic rings. The third-order valence-electron chi connectivity index (χ3n) is 4.49. The molecular formula is C19H26N2O2. The first-order valence-electron chi connectivity index (χ1n) is 8.54. The van der Waals surface area contributed by atoms with Gasteiger partial charge in [-0.05, 0) is 36.6 Å². The van der Waals surface area contributed by atoms with Crippen LogP contribution in [0.3, 0.4) is 0 Å². The summed E-state index contributed by atoms with van der Waals surface area (Å²) in [5, 5.41) is 13.1. The number of piperidine rings is 1. The van der Waals surface area contributed by atoms with Crippen LogP contribution >= 0.6 is 0 Å². The Balaban J connectivity index is 1.61. The molecule has 0 spiro atoms. The molecule has 0 saturated carbocycles. The van der Waals surface area contributed by atoms with Gasteiger partial charge in [0.25, 0.3) is 0 Å². The quantitative estimate of drug-likeness (QED) is 0.858. The number of nitrogens with zero attached hydrogens (tertiary/aromatic N) is 1. The van der Waals surface area contributed by atoms with Gasteiger partial charge < -0.3 is 14.8 Å². The standard InChI is InChI=1S/C19H26N2O2/c1-2-17-7-8-18(23-17)13-20-19-6-4-3-5-15(19)14-21-11-9-16(22)10-12-21/h3-8,16,20,22H,2,9-14H2,1H3. The van der Waals surface area contributed by atoms with Crippen LogP contribution in [-0.4, -0.2) is 29.2 Å². The van der Waals surface area contributed by atoms with Gasteiger partial charge in [0.05, 0.1) is 12.6 Å². The average molecular weight is 314 g/mol. The molecule has 23 heavy (non-hydrogen) atoms. The monoisotopic (exact) mass is 314 g/mol. The highest BCUT2D eigenvalue weighted by molar-refractivity contribution is 5.51. The minimum absolute atomic E-state index is 0.119. The van der Waals surface area contributed by atoms with Crippen LogP contribution in [0.2, 0.25) is 0 Å². The van der Waals surface area contributed by atoms with Crippen LogP contribution in [0.1, 0.15) is 36.8 Å². The molecule has 0 bridgehead atoms. The zero-order valence-corrected chi connectivity index (χ0v) is 13.8. The number of aliphatic hydroxyl groups excluding tert-OH is 1. The van der Waals surface area contributed by atoms with Crippen molar-refractivity contribution in [3.05, 3.63) is 53.5 Å². The lowest BCUT2D eigenvalue weighted by atomic mass is 10.1. The van der Waals surface area contributed by atoms with Crippen molar-refractivity contribution in [2.75, 3.05) is 18.4 Å². The predicted octanol–water partition coefficient (Wildman–Crippen LogP) is 3.41. The van der Waals surface area contributed by atoms with Crippen LogP contribution in [-0.2, 0) is 19.5 Å². The van der Waals surface area contributed by atoms with Crippen molar-refractivity contribution in [3.63, 3.8) is 0 Å². The summed E-state index contributed by atoms with van der Waals surface area (Å²) < 4.78 is 5.76. The van der Waals surface area contributed by atoms with Crippen LogP contribution in [0, 0.1) is 0 Å². The molecule has 0 aliphatic carbocycles. The summed E-state index contributed by atoms with van der Waals surface area (Å²) >= 11 is 0. The zero-order valence-electron chi connectivity index (χ0n) is 13.8. The van der Waals surface area contributed by atoms with Crippen molar-refractivity contribution in [1.82, 2.24) is 4.90 Å². The first kappa shape index (κ1) is 16.1. The molecule has 2 aromatic rings. The minimum Gasteiger partial charge on any atom is -0.464 e. The number of likely N-dealkylation sites (tertiary alicyclic amines) is 1. The smallest absolute Gasteiger partial charge is 0.123 e. The van der Waals surface area contributed by atoms with E-state index in [9.17, 15) is 5.11 Å². The van der Waals surface area contributed by atoms with E-state index in [-0.39, 0.29) is 6.10 Å². The molecule has 3 rings (SSSR count). The lowest BCUT2D eigenvalue weighted by molar-refractivity contribution is 0.0793. The third-order valence-corrected chi connectivity index (χ3v) is 4.49. The summed E-state index contributed by atoms with van der Waals surface area (Å²) in [6, 6.07) is 12.5. The summed E-state index contributed by atoms with van der Waals surface area (Å²) in [5.74, 6) is 2.00. The minimum atomic E-state index is -0.119. The van der Waals surface area contributed by atoms with Crippen molar-refractivity contribution in [2.24, 2.45) is 0 Å². The third kappa shape index (κ3) is 4.36. The van der Waals surface area contributed by atoms with E-state index in [1.807, 2.05) is 12.1 Å². The maximum atomic E-state index is 9.63. The molecule has 0 amide bonds. The van der Waals surface area contributed by atoms with Gasteiger partial charge in [0.1, 0.15) is 11.5 Å². The Morgan fingerprint density at radius 2 is 1.87 bits per heavy atom. The normalized spacial score (nSPS) is 16.6. The van der Waals surface area contributed by atoms with Gasteiger partial charge in [-0.1, -0.05) is 25.1 Å². The Kier molecular flexibility index (Phi) is 5.36. The second-order valence-electron chi connectivity index (χ2n) is 6.24. The number of aliphatic hydroxyl groups is 1. The molecule has 124 valence electrons. The van der Waals surface area contributed by atoms with E-state index in [0.717, 1.165) is 56.1 Å². The molecule has 4 heteroatoms. The number of para-hydroxylation sites is 1. The average Bonchev–Trinajstić information content (AvgIpc) is 3.04. The first-order chi connectivity index (χ1) is 11.2. The molecule has 0 radical (unpaired) electrons. The van der Waals surface area contributed by atoms with Crippen LogP contribution in [0.15, 0.2) is 40.8 Å². The van der Waals surface area contributed by atoms with Gasteiger partial charge in [0.15, 0.2) is 0 Å². The molecule has 1 aliphatic heterocycles. The zero-order chi connectivity index (χ0) is 16.1. The Bertz CT molecular complexity index is 615. The van der Waals surface area contributed by atoms with Gasteiger partial charge in [-0.3, -0.25) is 4.90 Å². The molecule has 2 N–H and O–H groups in total. The van der Waals surface area contributed by atoms with Crippen LogP contribution in [0.5, 0.6) is 0 Å². The molecule has 4 nitrogen and oxygen atoms in total. The fourth-order valence-electron chi connectivity index (χ4n) is 3.04. The number of hydrogen-bond acceptors (Lipinski definition) is 4. The van der Waals surface area contributed by atoms with Crippen LogP contribution < -0.4 is 5.32 Å². The second-order valence-corrected chi connectivity index (χ2v) is 6.24. The van der Waals surface area contributed by atoms with Gasteiger partial charge in [0, 0.05) is 31.7 Å². The number of anilines is 1. The number of benzene rings is 1. The van der Waals surface area contributed by atoms with Gasteiger partial charge in [0.2, 0.25) is 0 Å².